The lowest BCUT2D eigenvalue weighted by molar-refractivity contribution is 0.0964. The third-order valence-electron chi connectivity index (χ3n) is 2.35. The minimum atomic E-state index is -0.0223. The third kappa shape index (κ3) is 2.38. The summed E-state index contributed by atoms with van der Waals surface area (Å²) in [5, 5.41) is 0. The second kappa shape index (κ2) is 4.77. The molecule has 0 spiro atoms. The van der Waals surface area contributed by atoms with Crippen molar-refractivity contribution in [2.75, 3.05) is 0 Å². The molecule has 0 saturated carbocycles. The molecule has 2 rings (SSSR count). The first-order valence-electron chi connectivity index (χ1n) is 5.15. The second-order valence-electron chi connectivity index (χ2n) is 3.56. The van der Waals surface area contributed by atoms with E-state index in [0.29, 0.717) is 24.5 Å². The summed E-state index contributed by atoms with van der Waals surface area (Å²) in [6, 6.07) is 13.0. The first-order valence-corrected chi connectivity index (χ1v) is 5.15. The molecular weight excluding hydrogens is 202 g/mol. The second-order valence-corrected chi connectivity index (χ2v) is 3.56. The third-order valence-corrected chi connectivity index (χ3v) is 2.35. The average molecular weight is 215 g/mol. The van der Waals surface area contributed by atoms with Crippen LogP contribution in [0.15, 0.2) is 46.9 Å². The molecule has 1 aromatic carbocycles. The van der Waals surface area contributed by atoms with E-state index in [2.05, 4.69) is 0 Å². The zero-order valence-electron chi connectivity index (χ0n) is 8.85. The van der Waals surface area contributed by atoms with Gasteiger partial charge in [0.1, 0.15) is 5.76 Å². The van der Waals surface area contributed by atoms with Gasteiger partial charge in [0.05, 0.1) is 6.54 Å². The van der Waals surface area contributed by atoms with E-state index in [1.54, 1.807) is 12.1 Å². The molecule has 0 radical (unpaired) electrons. The number of benzene rings is 1. The smallest absolute Gasteiger partial charge is 0.202 e. The Bertz CT molecular complexity index is 474. The number of hydrogen-bond donors (Lipinski definition) is 1. The van der Waals surface area contributed by atoms with Crippen molar-refractivity contribution in [2.24, 2.45) is 5.73 Å². The van der Waals surface area contributed by atoms with Crippen LogP contribution in [-0.2, 0) is 13.0 Å². The predicted octanol–water partition coefficient (Wildman–Crippen LogP) is 2.16. The van der Waals surface area contributed by atoms with Gasteiger partial charge in [-0.25, -0.2) is 0 Å². The van der Waals surface area contributed by atoms with E-state index in [4.69, 9.17) is 10.2 Å². The Kier molecular flexibility index (Phi) is 3.17. The lowest BCUT2D eigenvalue weighted by Crippen LogP contribution is -2.02. The van der Waals surface area contributed by atoms with Gasteiger partial charge in [0.2, 0.25) is 5.78 Å². The van der Waals surface area contributed by atoms with Gasteiger partial charge in [0.15, 0.2) is 5.76 Å². The van der Waals surface area contributed by atoms with E-state index in [1.807, 2.05) is 30.3 Å². The summed E-state index contributed by atoms with van der Waals surface area (Å²) in [6.07, 6.45) is 0.359. The Morgan fingerprint density at radius 2 is 1.88 bits per heavy atom. The molecule has 0 bridgehead atoms. The van der Waals surface area contributed by atoms with Gasteiger partial charge in [-0.3, -0.25) is 4.79 Å². The molecule has 2 N–H and O–H groups in total. The highest BCUT2D eigenvalue weighted by Crippen LogP contribution is 2.11. The van der Waals surface area contributed by atoms with E-state index >= 15 is 0 Å². The summed E-state index contributed by atoms with van der Waals surface area (Å²) >= 11 is 0. The van der Waals surface area contributed by atoms with Gasteiger partial charge in [-0.15, -0.1) is 0 Å². The van der Waals surface area contributed by atoms with Crippen molar-refractivity contribution in [2.45, 2.75) is 13.0 Å². The van der Waals surface area contributed by atoms with Crippen LogP contribution in [0.2, 0.25) is 0 Å². The molecule has 16 heavy (non-hydrogen) atoms. The fourth-order valence-electron chi connectivity index (χ4n) is 1.51. The number of hydrogen-bond acceptors (Lipinski definition) is 3. The molecule has 0 atom stereocenters. The van der Waals surface area contributed by atoms with E-state index in [9.17, 15) is 4.79 Å². The lowest BCUT2D eigenvalue weighted by atomic mass is 10.1. The molecular formula is C13H13NO2. The minimum Gasteiger partial charge on any atom is -0.457 e. The van der Waals surface area contributed by atoms with Crippen molar-refractivity contribution in [1.29, 1.82) is 0 Å². The molecule has 0 amide bonds. The summed E-state index contributed by atoms with van der Waals surface area (Å²) in [5.41, 5.74) is 6.40. The van der Waals surface area contributed by atoms with Crippen LogP contribution < -0.4 is 5.73 Å². The molecule has 0 unspecified atom stereocenters. The zero-order valence-corrected chi connectivity index (χ0v) is 8.85. The SMILES string of the molecule is NCc1ccc(C(=O)Cc2ccccc2)o1. The van der Waals surface area contributed by atoms with Gasteiger partial charge in [-0.05, 0) is 17.7 Å². The van der Waals surface area contributed by atoms with Crippen LogP contribution in [-0.4, -0.2) is 5.78 Å². The topological polar surface area (TPSA) is 56.2 Å². The van der Waals surface area contributed by atoms with Gasteiger partial charge in [-0.2, -0.15) is 0 Å². The molecule has 3 nitrogen and oxygen atoms in total. The molecule has 3 heteroatoms. The van der Waals surface area contributed by atoms with Crippen molar-refractivity contribution < 1.29 is 9.21 Å². The van der Waals surface area contributed by atoms with Crippen molar-refractivity contribution in [1.82, 2.24) is 0 Å². The number of Topliss-reactive ketones (excluding diaryl/α,β-unsaturated/α-hetero) is 1. The van der Waals surface area contributed by atoms with Crippen LogP contribution in [0.4, 0.5) is 0 Å². The van der Waals surface area contributed by atoms with Gasteiger partial charge < -0.3 is 10.2 Å². The highest BCUT2D eigenvalue weighted by molar-refractivity contribution is 5.95. The average Bonchev–Trinajstić information content (AvgIpc) is 2.79. The van der Waals surface area contributed by atoms with Gasteiger partial charge in [0, 0.05) is 6.42 Å². The normalized spacial score (nSPS) is 10.3. The number of nitrogens with two attached hydrogens (primary N) is 1. The van der Waals surface area contributed by atoms with E-state index in [-0.39, 0.29) is 5.78 Å². The first kappa shape index (κ1) is 10.6. The number of rotatable bonds is 4. The van der Waals surface area contributed by atoms with Crippen LogP contribution >= 0.6 is 0 Å². The number of carbonyl (C=O) groups is 1. The van der Waals surface area contributed by atoms with E-state index in [0.717, 1.165) is 5.56 Å². The van der Waals surface area contributed by atoms with Crippen LogP contribution in [0.1, 0.15) is 21.9 Å². The Hall–Kier alpha value is -1.87. The summed E-state index contributed by atoms with van der Waals surface area (Å²) < 4.78 is 5.29. The summed E-state index contributed by atoms with van der Waals surface area (Å²) in [6.45, 7) is 0.318. The van der Waals surface area contributed by atoms with Crippen molar-refractivity contribution in [3.8, 4) is 0 Å². The molecule has 1 aromatic heterocycles. The van der Waals surface area contributed by atoms with E-state index in [1.165, 1.54) is 0 Å². The maximum absolute atomic E-state index is 11.8. The fraction of sp³-hybridized carbons (Fsp3) is 0.154. The van der Waals surface area contributed by atoms with Gasteiger partial charge >= 0.3 is 0 Å². The summed E-state index contributed by atoms with van der Waals surface area (Å²) in [5.74, 6) is 0.992. The monoisotopic (exact) mass is 215 g/mol. The molecule has 2 aromatic rings. The number of ketones is 1. The maximum Gasteiger partial charge on any atom is 0.202 e. The molecule has 1 heterocycles. The Morgan fingerprint density at radius 3 is 2.50 bits per heavy atom. The van der Waals surface area contributed by atoms with Crippen LogP contribution in [0, 0.1) is 0 Å². The quantitative estimate of drug-likeness (QED) is 0.795. The number of carbonyl (C=O) groups excluding carboxylic acids is 1. The van der Waals surface area contributed by atoms with Crippen LogP contribution in [0.3, 0.4) is 0 Å². The van der Waals surface area contributed by atoms with Crippen molar-refractivity contribution in [3.05, 3.63) is 59.5 Å². The molecule has 0 aliphatic carbocycles. The Labute approximate surface area is 93.9 Å². The standard InChI is InChI=1S/C13H13NO2/c14-9-11-6-7-13(16-11)12(15)8-10-4-2-1-3-5-10/h1-7H,8-9,14H2. The van der Waals surface area contributed by atoms with Crippen LogP contribution in [0.25, 0.3) is 0 Å². The van der Waals surface area contributed by atoms with Crippen molar-refractivity contribution >= 4 is 5.78 Å². The summed E-state index contributed by atoms with van der Waals surface area (Å²) in [4.78, 5) is 11.8. The Balaban J connectivity index is 2.09. The van der Waals surface area contributed by atoms with Gasteiger partial charge in [-0.1, -0.05) is 30.3 Å². The molecule has 0 saturated heterocycles. The summed E-state index contributed by atoms with van der Waals surface area (Å²) in [7, 11) is 0. The van der Waals surface area contributed by atoms with E-state index < -0.39 is 0 Å². The highest BCUT2D eigenvalue weighted by atomic mass is 16.3. The predicted molar refractivity (Wildman–Crippen MR) is 61.1 cm³/mol. The zero-order chi connectivity index (χ0) is 11.4. The largest absolute Gasteiger partial charge is 0.457 e. The fourth-order valence-corrected chi connectivity index (χ4v) is 1.51. The van der Waals surface area contributed by atoms with Gasteiger partial charge in [0.25, 0.3) is 0 Å². The van der Waals surface area contributed by atoms with Crippen LogP contribution in [0.5, 0.6) is 0 Å². The molecule has 0 aliphatic heterocycles. The Morgan fingerprint density at radius 1 is 1.12 bits per heavy atom. The molecule has 0 fully saturated rings. The minimum absolute atomic E-state index is 0.0223. The maximum atomic E-state index is 11.8. The molecule has 82 valence electrons. The molecule has 0 aliphatic rings. The first-order chi connectivity index (χ1) is 7.79. The van der Waals surface area contributed by atoms with Crippen molar-refractivity contribution in [3.63, 3.8) is 0 Å². The lowest BCUT2D eigenvalue weighted by Gasteiger charge is -1.98. The highest BCUT2D eigenvalue weighted by Gasteiger charge is 2.11. The number of furan rings is 1.